The summed E-state index contributed by atoms with van der Waals surface area (Å²) in [5, 5.41) is 0. The van der Waals surface area contributed by atoms with Crippen LogP contribution in [0.3, 0.4) is 0 Å². The lowest BCUT2D eigenvalue weighted by atomic mass is 10.2. The molecule has 1 aliphatic rings. The molecule has 1 fully saturated rings. The molecule has 0 amide bonds. The zero-order valence-electron chi connectivity index (χ0n) is 18.5. The summed E-state index contributed by atoms with van der Waals surface area (Å²) in [6, 6.07) is 8.62. The van der Waals surface area contributed by atoms with Crippen LogP contribution >= 0.6 is 11.8 Å². The molecular formula is C23H31NO6S2. The van der Waals surface area contributed by atoms with Gasteiger partial charge >= 0.3 is 0 Å². The third kappa shape index (κ3) is 8.27. The highest BCUT2D eigenvalue weighted by Crippen LogP contribution is 2.18. The predicted octanol–water partition coefficient (Wildman–Crippen LogP) is 3.36. The molecule has 1 aromatic heterocycles. The molecule has 1 saturated heterocycles. The summed E-state index contributed by atoms with van der Waals surface area (Å²) in [4.78, 5) is 14.8. The summed E-state index contributed by atoms with van der Waals surface area (Å²) in [6.07, 6.45) is 5.53. The van der Waals surface area contributed by atoms with Gasteiger partial charge in [-0.1, -0.05) is 12.1 Å². The maximum absolute atomic E-state index is 12.2. The summed E-state index contributed by atoms with van der Waals surface area (Å²) in [5.74, 6) is 2.68. The van der Waals surface area contributed by atoms with Crippen LogP contribution in [0, 0.1) is 0 Å². The highest BCUT2D eigenvalue weighted by Gasteiger charge is 2.13. The molecule has 0 bridgehead atoms. The van der Waals surface area contributed by atoms with Crippen molar-refractivity contribution in [2.45, 2.75) is 36.5 Å². The fourth-order valence-electron chi connectivity index (χ4n) is 3.33. The number of unbranched alkanes of at least 4 members (excludes halogenated alkanes) is 2. The maximum atomic E-state index is 12.2. The molecule has 0 atom stereocenters. The summed E-state index contributed by atoms with van der Waals surface area (Å²) in [5.41, 5.74) is 0.872. The number of rotatable bonds is 12. The third-order valence-corrected chi connectivity index (χ3v) is 7.35. The lowest BCUT2D eigenvalue weighted by Gasteiger charge is -2.25. The minimum Gasteiger partial charge on any atom is -0.487 e. The van der Waals surface area contributed by atoms with Gasteiger partial charge in [-0.05, 0) is 42.7 Å². The van der Waals surface area contributed by atoms with Crippen molar-refractivity contribution in [3.63, 3.8) is 0 Å². The number of thioether (sulfide) groups is 1. The lowest BCUT2D eigenvalue weighted by molar-refractivity contribution is 0.0310. The highest BCUT2D eigenvalue weighted by atomic mass is 32.2. The largest absolute Gasteiger partial charge is 0.487 e. The number of sulfone groups is 1. The SMILES string of the molecule is CS(=O)(=O)c1cccc(CSCCCCCOc2coc(CN3CCOCC3)cc2=O)c1. The van der Waals surface area contributed by atoms with Crippen LogP contribution in [-0.2, 0) is 26.9 Å². The van der Waals surface area contributed by atoms with E-state index in [0.717, 1.165) is 49.4 Å². The summed E-state index contributed by atoms with van der Waals surface area (Å²) >= 11 is 1.79. The minimum absolute atomic E-state index is 0.147. The molecule has 2 heterocycles. The molecule has 9 heteroatoms. The van der Waals surface area contributed by atoms with Crippen LogP contribution in [0.2, 0.25) is 0 Å². The van der Waals surface area contributed by atoms with Gasteiger partial charge in [0.1, 0.15) is 12.0 Å². The second-order valence-electron chi connectivity index (χ2n) is 7.84. The van der Waals surface area contributed by atoms with E-state index in [4.69, 9.17) is 13.9 Å². The molecule has 7 nitrogen and oxygen atoms in total. The summed E-state index contributed by atoms with van der Waals surface area (Å²) in [6.45, 7) is 4.19. The monoisotopic (exact) mass is 481 g/mol. The first kappa shape index (κ1) is 24.8. The topological polar surface area (TPSA) is 86.1 Å². The number of morpholine rings is 1. The molecular weight excluding hydrogens is 450 g/mol. The molecule has 0 aliphatic carbocycles. The van der Waals surface area contributed by atoms with E-state index >= 15 is 0 Å². The zero-order chi connectivity index (χ0) is 22.8. The van der Waals surface area contributed by atoms with Gasteiger partial charge in [0.25, 0.3) is 0 Å². The first-order valence-electron chi connectivity index (χ1n) is 10.8. The molecule has 0 spiro atoms. The first-order chi connectivity index (χ1) is 15.4. The van der Waals surface area contributed by atoms with Gasteiger partial charge in [-0.25, -0.2) is 8.42 Å². The fraction of sp³-hybridized carbons (Fsp3) is 0.522. The standard InChI is InChI=1S/C23H31NO6S2/c1-32(26,27)21-7-5-6-19(14-21)18-31-13-4-2-3-10-29-23-17-30-20(15-22(23)25)16-24-8-11-28-12-9-24/h5-7,14-15,17H,2-4,8-13,16,18H2,1H3. The van der Waals surface area contributed by atoms with E-state index in [0.29, 0.717) is 37.0 Å². The van der Waals surface area contributed by atoms with Gasteiger partial charge in [0.15, 0.2) is 9.84 Å². The van der Waals surface area contributed by atoms with Crippen molar-refractivity contribution in [3.05, 3.63) is 58.1 Å². The van der Waals surface area contributed by atoms with Gasteiger partial charge in [0.05, 0.1) is 31.3 Å². The van der Waals surface area contributed by atoms with E-state index in [1.165, 1.54) is 18.6 Å². The van der Waals surface area contributed by atoms with Crippen LogP contribution in [0.4, 0.5) is 0 Å². The second kappa shape index (κ2) is 12.4. The molecule has 32 heavy (non-hydrogen) atoms. The Morgan fingerprint density at radius 2 is 1.94 bits per heavy atom. The highest BCUT2D eigenvalue weighted by molar-refractivity contribution is 7.98. The van der Waals surface area contributed by atoms with Gasteiger partial charge in [-0.3, -0.25) is 9.69 Å². The second-order valence-corrected chi connectivity index (χ2v) is 11.0. The van der Waals surface area contributed by atoms with Crippen molar-refractivity contribution in [1.82, 2.24) is 4.90 Å². The van der Waals surface area contributed by atoms with Crippen molar-refractivity contribution in [2.24, 2.45) is 0 Å². The van der Waals surface area contributed by atoms with Crippen molar-refractivity contribution in [3.8, 4) is 5.75 Å². The average molecular weight is 482 g/mol. The van der Waals surface area contributed by atoms with Crippen LogP contribution in [0.1, 0.15) is 30.6 Å². The number of benzene rings is 1. The van der Waals surface area contributed by atoms with Crippen molar-refractivity contribution >= 4 is 21.6 Å². The summed E-state index contributed by atoms with van der Waals surface area (Å²) in [7, 11) is -3.17. The van der Waals surface area contributed by atoms with E-state index in [9.17, 15) is 13.2 Å². The van der Waals surface area contributed by atoms with Gasteiger partial charge in [-0.15, -0.1) is 0 Å². The molecule has 3 rings (SSSR count). The van der Waals surface area contributed by atoms with Crippen LogP contribution in [0.15, 0.2) is 50.7 Å². The van der Waals surface area contributed by atoms with Gasteiger partial charge in [0.2, 0.25) is 11.2 Å². The Morgan fingerprint density at radius 1 is 1.12 bits per heavy atom. The zero-order valence-corrected chi connectivity index (χ0v) is 20.1. The first-order valence-corrected chi connectivity index (χ1v) is 13.9. The average Bonchev–Trinajstić information content (AvgIpc) is 2.77. The van der Waals surface area contributed by atoms with Gasteiger partial charge in [0, 0.05) is 31.2 Å². The number of hydrogen-bond donors (Lipinski definition) is 0. The molecule has 0 unspecified atom stereocenters. The molecule has 0 N–H and O–H groups in total. The number of nitrogens with zero attached hydrogens (tertiary/aromatic N) is 1. The van der Waals surface area contributed by atoms with Crippen molar-refractivity contribution in [1.29, 1.82) is 0 Å². The van der Waals surface area contributed by atoms with E-state index in [1.807, 2.05) is 6.07 Å². The Morgan fingerprint density at radius 3 is 2.69 bits per heavy atom. The molecule has 176 valence electrons. The van der Waals surface area contributed by atoms with Crippen LogP contribution < -0.4 is 10.2 Å². The molecule has 2 aromatic rings. The fourth-order valence-corrected chi connectivity index (χ4v) is 4.99. The van der Waals surface area contributed by atoms with Crippen molar-refractivity contribution in [2.75, 3.05) is 44.9 Å². The minimum atomic E-state index is -3.17. The van der Waals surface area contributed by atoms with Crippen LogP contribution in [0.5, 0.6) is 5.75 Å². The molecule has 1 aliphatic heterocycles. The Balaban J connectivity index is 1.29. The van der Waals surface area contributed by atoms with E-state index in [2.05, 4.69) is 4.90 Å². The van der Waals surface area contributed by atoms with E-state index in [-0.39, 0.29) is 11.2 Å². The van der Waals surface area contributed by atoms with E-state index < -0.39 is 9.84 Å². The predicted molar refractivity (Wildman–Crippen MR) is 126 cm³/mol. The number of ether oxygens (including phenoxy) is 2. The van der Waals surface area contributed by atoms with Gasteiger partial charge < -0.3 is 13.9 Å². The quantitative estimate of drug-likeness (QED) is 0.427. The Kier molecular flexibility index (Phi) is 9.65. The molecule has 1 aromatic carbocycles. The van der Waals surface area contributed by atoms with Crippen molar-refractivity contribution < 1.29 is 22.3 Å². The Bertz CT molecular complexity index is 1020. The third-order valence-electron chi connectivity index (χ3n) is 5.12. The smallest absolute Gasteiger partial charge is 0.227 e. The molecule has 0 saturated carbocycles. The maximum Gasteiger partial charge on any atom is 0.227 e. The molecule has 0 radical (unpaired) electrons. The Labute approximate surface area is 194 Å². The van der Waals surface area contributed by atoms with Crippen LogP contribution in [-0.4, -0.2) is 58.2 Å². The Hall–Kier alpha value is -1.81. The van der Waals surface area contributed by atoms with Gasteiger partial charge in [-0.2, -0.15) is 11.8 Å². The lowest BCUT2D eigenvalue weighted by Crippen LogP contribution is -2.35. The summed E-state index contributed by atoms with van der Waals surface area (Å²) < 4.78 is 39.8. The van der Waals surface area contributed by atoms with E-state index in [1.54, 1.807) is 30.0 Å². The normalized spacial score (nSPS) is 15.0. The van der Waals surface area contributed by atoms with Crippen LogP contribution in [0.25, 0.3) is 0 Å². The number of hydrogen-bond acceptors (Lipinski definition) is 8.